The lowest BCUT2D eigenvalue weighted by Gasteiger charge is -2.37. The first kappa shape index (κ1) is 15.4. The predicted molar refractivity (Wildman–Crippen MR) is 72.3 cm³/mol. The Morgan fingerprint density at radius 1 is 1.61 bits per heavy atom. The number of hydrogen-bond acceptors (Lipinski definition) is 4. The van der Waals surface area contributed by atoms with Crippen LogP contribution in [0.1, 0.15) is 26.7 Å². The number of hydrogen-bond donors (Lipinski definition) is 2. The van der Waals surface area contributed by atoms with Crippen LogP contribution < -0.4 is 11.1 Å². The highest BCUT2D eigenvalue weighted by molar-refractivity contribution is 5.81. The Hall–Kier alpha value is -0.650. The Labute approximate surface area is 110 Å². The zero-order valence-corrected chi connectivity index (χ0v) is 11.8. The number of methoxy groups -OCH3 is 1. The molecule has 0 radical (unpaired) electrons. The molecule has 18 heavy (non-hydrogen) atoms. The van der Waals surface area contributed by atoms with Gasteiger partial charge in [-0.3, -0.25) is 9.69 Å². The molecule has 1 rings (SSSR count). The summed E-state index contributed by atoms with van der Waals surface area (Å²) in [5.41, 5.74) is 6.06. The summed E-state index contributed by atoms with van der Waals surface area (Å²) in [5.74, 6) is 0.645. The van der Waals surface area contributed by atoms with Crippen molar-refractivity contribution in [1.82, 2.24) is 10.2 Å². The summed E-state index contributed by atoms with van der Waals surface area (Å²) in [5, 5.41) is 2.94. The van der Waals surface area contributed by atoms with Crippen molar-refractivity contribution in [2.45, 2.75) is 38.8 Å². The van der Waals surface area contributed by atoms with E-state index in [1.807, 2.05) is 6.92 Å². The van der Waals surface area contributed by atoms with Crippen LogP contribution in [0.25, 0.3) is 0 Å². The summed E-state index contributed by atoms with van der Waals surface area (Å²) in [7, 11) is 1.67. The fraction of sp³-hybridized carbons (Fsp3) is 0.923. The first-order valence-corrected chi connectivity index (χ1v) is 6.82. The molecule has 0 aromatic carbocycles. The van der Waals surface area contributed by atoms with Crippen LogP contribution in [-0.4, -0.2) is 56.2 Å². The van der Waals surface area contributed by atoms with E-state index in [9.17, 15) is 4.79 Å². The lowest BCUT2D eigenvalue weighted by atomic mass is 9.93. The molecule has 1 aliphatic heterocycles. The zero-order valence-electron chi connectivity index (χ0n) is 11.8. The minimum Gasteiger partial charge on any atom is -0.385 e. The van der Waals surface area contributed by atoms with Crippen molar-refractivity contribution >= 4 is 5.91 Å². The highest BCUT2D eigenvalue weighted by Crippen LogP contribution is 2.17. The summed E-state index contributed by atoms with van der Waals surface area (Å²) >= 11 is 0. The number of carbonyl (C=O) groups excluding carboxylic acids is 1. The van der Waals surface area contributed by atoms with Gasteiger partial charge in [0.1, 0.15) is 0 Å². The molecular formula is C13H27N3O2. The number of ether oxygens (including phenoxy) is 1. The summed E-state index contributed by atoms with van der Waals surface area (Å²) in [6, 6.07) is 0.0913. The van der Waals surface area contributed by atoms with Crippen molar-refractivity contribution < 1.29 is 9.53 Å². The van der Waals surface area contributed by atoms with Gasteiger partial charge in [0.2, 0.25) is 5.91 Å². The van der Waals surface area contributed by atoms with Crippen LogP contribution in [-0.2, 0) is 9.53 Å². The van der Waals surface area contributed by atoms with Crippen molar-refractivity contribution in [2.75, 3.05) is 33.4 Å². The van der Waals surface area contributed by atoms with E-state index in [1.165, 1.54) is 0 Å². The van der Waals surface area contributed by atoms with Gasteiger partial charge in [-0.2, -0.15) is 0 Å². The van der Waals surface area contributed by atoms with Crippen molar-refractivity contribution in [3.63, 3.8) is 0 Å². The molecule has 5 nitrogen and oxygen atoms in total. The summed E-state index contributed by atoms with van der Waals surface area (Å²) in [4.78, 5) is 14.1. The van der Waals surface area contributed by atoms with Gasteiger partial charge in [0.05, 0.1) is 6.04 Å². The molecule has 3 atom stereocenters. The van der Waals surface area contributed by atoms with E-state index in [-0.39, 0.29) is 18.0 Å². The third-order valence-electron chi connectivity index (χ3n) is 3.80. The topological polar surface area (TPSA) is 67.6 Å². The van der Waals surface area contributed by atoms with Gasteiger partial charge in [-0.15, -0.1) is 0 Å². The average Bonchev–Trinajstić information content (AvgIpc) is 2.37. The number of carbonyl (C=O) groups is 1. The monoisotopic (exact) mass is 257 g/mol. The van der Waals surface area contributed by atoms with E-state index in [0.29, 0.717) is 19.1 Å². The minimum absolute atomic E-state index is 0.0906. The first-order valence-electron chi connectivity index (χ1n) is 6.82. The Kier molecular flexibility index (Phi) is 6.60. The Morgan fingerprint density at radius 2 is 2.33 bits per heavy atom. The molecule has 1 aliphatic rings. The fourth-order valence-corrected chi connectivity index (χ4v) is 2.22. The number of likely N-dealkylation sites (tertiary alicyclic amines) is 1. The molecule has 106 valence electrons. The van der Waals surface area contributed by atoms with Crippen LogP contribution in [0.2, 0.25) is 0 Å². The Bertz CT molecular complexity index is 261. The number of amides is 1. The standard InChI is InChI=1S/C13H27N3O2/c1-10-5-7-16(9-12(10)14)11(2)13(17)15-6-4-8-18-3/h10-12H,4-9,14H2,1-3H3,(H,15,17). The van der Waals surface area contributed by atoms with Crippen LogP contribution in [0.15, 0.2) is 0 Å². The third kappa shape index (κ3) is 4.55. The molecule has 3 unspecified atom stereocenters. The highest BCUT2D eigenvalue weighted by atomic mass is 16.5. The van der Waals surface area contributed by atoms with Crippen LogP contribution in [0.4, 0.5) is 0 Å². The third-order valence-corrected chi connectivity index (χ3v) is 3.80. The van der Waals surface area contributed by atoms with E-state index in [2.05, 4.69) is 17.1 Å². The summed E-state index contributed by atoms with van der Waals surface area (Å²) in [6.45, 7) is 7.26. The second-order valence-corrected chi connectivity index (χ2v) is 5.24. The molecule has 0 bridgehead atoms. The Morgan fingerprint density at radius 3 is 2.94 bits per heavy atom. The van der Waals surface area contributed by atoms with Crippen molar-refractivity contribution in [1.29, 1.82) is 0 Å². The quantitative estimate of drug-likeness (QED) is 0.667. The molecule has 1 saturated heterocycles. The molecule has 3 N–H and O–H groups in total. The largest absolute Gasteiger partial charge is 0.385 e. The van der Waals surface area contributed by atoms with Gasteiger partial charge in [0.25, 0.3) is 0 Å². The van der Waals surface area contributed by atoms with Crippen LogP contribution in [0.5, 0.6) is 0 Å². The lowest BCUT2D eigenvalue weighted by Crippen LogP contribution is -2.54. The molecular weight excluding hydrogens is 230 g/mol. The van der Waals surface area contributed by atoms with Crippen molar-refractivity contribution in [3.05, 3.63) is 0 Å². The SMILES string of the molecule is COCCCNC(=O)C(C)N1CCC(C)C(N)C1. The van der Waals surface area contributed by atoms with E-state index in [0.717, 1.165) is 25.9 Å². The predicted octanol–water partition coefficient (Wildman–Crippen LogP) is 0.197. The molecule has 0 aromatic rings. The number of nitrogens with one attached hydrogen (secondary N) is 1. The lowest BCUT2D eigenvalue weighted by molar-refractivity contribution is -0.126. The van der Waals surface area contributed by atoms with Crippen molar-refractivity contribution in [2.24, 2.45) is 11.7 Å². The minimum atomic E-state index is -0.0916. The highest BCUT2D eigenvalue weighted by Gasteiger charge is 2.28. The van der Waals surface area contributed by atoms with Gasteiger partial charge < -0.3 is 15.8 Å². The Balaban J connectivity index is 2.30. The summed E-state index contributed by atoms with van der Waals surface area (Å²) < 4.78 is 4.95. The second-order valence-electron chi connectivity index (χ2n) is 5.24. The fourth-order valence-electron chi connectivity index (χ4n) is 2.22. The van der Waals surface area contributed by atoms with E-state index in [1.54, 1.807) is 7.11 Å². The molecule has 5 heteroatoms. The number of rotatable bonds is 6. The van der Waals surface area contributed by atoms with Gasteiger partial charge in [-0.05, 0) is 32.2 Å². The summed E-state index contributed by atoms with van der Waals surface area (Å²) in [6.07, 6.45) is 1.92. The molecule has 0 aliphatic carbocycles. The zero-order chi connectivity index (χ0) is 13.5. The van der Waals surface area contributed by atoms with Gasteiger partial charge in [-0.25, -0.2) is 0 Å². The van der Waals surface area contributed by atoms with E-state index in [4.69, 9.17) is 10.5 Å². The number of piperidine rings is 1. The molecule has 0 aromatic heterocycles. The molecule has 0 spiro atoms. The second kappa shape index (κ2) is 7.71. The molecule has 1 amide bonds. The van der Waals surface area contributed by atoms with Crippen LogP contribution >= 0.6 is 0 Å². The average molecular weight is 257 g/mol. The number of nitrogens with two attached hydrogens (primary N) is 1. The van der Waals surface area contributed by atoms with Crippen LogP contribution in [0, 0.1) is 5.92 Å². The molecule has 0 saturated carbocycles. The van der Waals surface area contributed by atoms with Gasteiger partial charge in [-0.1, -0.05) is 6.92 Å². The number of nitrogens with zero attached hydrogens (tertiary/aromatic N) is 1. The normalized spacial score (nSPS) is 26.9. The van der Waals surface area contributed by atoms with Gasteiger partial charge in [0.15, 0.2) is 0 Å². The van der Waals surface area contributed by atoms with E-state index < -0.39 is 0 Å². The maximum absolute atomic E-state index is 12.0. The van der Waals surface area contributed by atoms with Crippen molar-refractivity contribution in [3.8, 4) is 0 Å². The molecule has 1 fully saturated rings. The first-order chi connectivity index (χ1) is 8.56. The maximum Gasteiger partial charge on any atom is 0.237 e. The van der Waals surface area contributed by atoms with Crippen LogP contribution in [0.3, 0.4) is 0 Å². The molecule has 1 heterocycles. The van der Waals surface area contributed by atoms with Gasteiger partial charge in [0, 0.05) is 32.8 Å². The van der Waals surface area contributed by atoms with E-state index >= 15 is 0 Å². The smallest absolute Gasteiger partial charge is 0.237 e. The van der Waals surface area contributed by atoms with Gasteiger partial charge >= 0.3 is 0 Å². The maximum atomic E-state index is 12.0.